The summed E-state index contributed by atoms with van der Waals surface area (Å²) in [5.41, 5.74) is 0. The van der Waals surface area contributed by atoms with Gasteiger partial charge in [-0.05, 0) is 48.0 Å². The molecule has 3 heteroatoms. The van der Waals surface area contributed by atoms with Crippen LogP contribution in [0.4, 0.5) is 0 Å². The number of halogens is 1. The first-order chi connectivity index (χ1) is 7.75. The van der Waals surface area contributed by atoms with Crippen LogP contribution in [0.25, 0.3) is 0 Å². The second-order valence-corrected chi connectivity index (χ2v) is 7.31. The quantitative estimate of drug-likeness (QED) is 0.734. The Morgan fingerprint density at radius 1 is 1.25 bits per heavy atom. The summed E-state index contributed by atoms with van der Waals surface area (Å²) in [6, 6.07) is 5.20. The third-order valence-electron chi connectivity index (χ3n) is 3.48. The number of hydrogen-bond acceptors (Lipinski definition) is 2. The first-order valence-electron chi connectivity index (χ1n) is 6.20. The Kier molecular flexibility index (Phi) is 4.86. The molecule has 1 aromatic heterocycles. The van der Waals surface area contributed by atoms with E-state index in [0.29, 0.717) is 0 Å². The van der Waals surface area contributed by atoms with Gasteiger partial charge in [-0.3, -0.25) is 4.90 Å². The van der Waals surface area contributed by atoms with Crippen LogP contribution in [0.5, 0.6) is 0 Å². The first kappa shape index (κ1) is 12.6. The molecule has 16 heavy (non-hydrogen) atoms. The summed E-state index contributed by atoms with van der Waals surface area (Å²) in [5, 5.41) is 0. The topological polar surface area (TPSA) is 3.24 Å². The molecule has 0 radical (unpaired) electrons. The molecular formula is C13H20BrNS. The average Bonchev–Trinajstić information content (AvgIpc) is 2.56. The summed E-state index contributed by atoms with van der Waals surface area (Å²) >= 11 is 5.39. The molecule has 1 nitrogen and oxygen atoms in total. The molecule has 1 aliphatic carbocycles. The van der Waals surface area contributed by atoms with Gasteiger partial charge < -0.3 is 0 Å². The van der Waals surface area contributed by atoms with Gasteiger partial charge in [0.25, 0.3) is 0 Å². The molecule has 1 saturated carbocycles. The van der Waals surface area contributed by atoms with Gasteiger partial charge >= 0.3 is 0 Å². The summed E-state index contributed by atoms with van der Waals surface area (Å²) in [4.78, 5) is 4.02. The van der Waals surface area contributed by atoms with Crippen molar-refractivity contribution in [3.8, 4) is 0 Å². The molecule has 90 valence electrons. The van der Waals surface area contributed by atoms with E-state index in [1.54, 1.807) is 0 Å². The van der Waals surface area contributed by atoms with Crippen molar-refractivity contribution in [2.24, 2.45) is 0 Å². The highest BCUT2D eigenvalue weighted by Crippen LogP contribution is 2.26. The van der Waals surface area contributed by atoms with Crippen LogP contribution in [0.1, 0.15) is 43.4 Å². The van der Waals surface area contributed by atoms with Gasteiger partial charge in [0.1, 0.15) is 0 Å². The van der Waals surface area contributed by atoms with E-state index in [-0.39, 0.29) is 0 Å². The van der Waals surface area contributed by atoms with Crippen LogP contribution in [0.15, 0.2) is 15.9 Å². The van der Waals surface area contributed by atoms with Crippen molar-refractivity contribution in [2.45, 2.75) is 51.1 Å². The minimum Gasteiger partial charge on any atom is -0.298 e. The largest absolute Gasteiger partial charge is 0.298 e. The standard InChI is InChI=1S/C13H20BrNS/c1-15(10-12-8-9-13(14)16-12)11-6-4-2-3-5-7-11/h8-9,11H,2-7,10H2,1H3. The van der Waals surface area contributed by atoms with E-state index in [1.807, 2.05) is 11.3 Å². The fraction of sp³-hybridized carbons (Fsp3) is 0.692. The van der Waals surface area contributed by atoms with Crippen molar-refractivity contribution < 1.29 is 0 Å². The molecule has 0 aliphatic heterocycles. The molecule has 1 aliphatic rings. The zero-order valence-corrected chi connectivity index (χ0v) is 12.3. The molecule has 0 bridgehead atoms. The minimum atomic E-state index is 0.809. The van der Waals surface area contributed by atoms with E-state index in [2.05, 4.69) is 40.0 Å². The zero-order chi connectivity index (χ0) is 11.4. The molecule has 0 unspecified atom stereocenters. The Morgan fingerprint density at radius 3 is 2.50 bits per heavy atom. The zero-order valence-electron chi connectivity index (χ0n) is 9.92. The van der Waals surface area contributed by atoms with E-state index in [4.69, 9.17) is 0 Å². The SMILES string of the molecule is CN(Cc1ccc(Br)s1)C1CCCCCC1. The molecule has 2 rings (SSSR count). The smallest absolute Gasteiger partial charge is 0.0701 e. The summed E-state index contributed by atoms with van der Waals surface area (Å²) < 4.78 is 1.25. The summed E-state index contributed by atoms with van der Waals surface area (Å²) in [7, 11) is 2.28. The maximum atomic E-state index is 3.53. The third-order valence-corrected chi connectivity index (χ3v) is 5.09. The second-order valence-electron chi connectivity index (χ2n) is 4.77. The van der Waals surface area contributed by atoms with Crippen molar-refractivity contribution >= 4 is 27.3 Å². The fourth-order valence-electron chi connectivity index (χ4n) is 2.51. The molecule has 1 fully saturated rings. The highest BCUT2D eigenvalue weighted by molar-refractivity contribution is 9.11. The van der Waals surface area contributed by atoms with Gasteiger partial charge in [0.15, 0.2) is 0 Å². The summed E-state index contributed by atoms with van der Waals surface area (Å²) in [6.07, 6.45) is 8.50. The van der Waals surface area contributed by atoms with E-state index in [9.17, 15) is 0 Å². The molecule has 0 aromatic carbocycles. The number of rotatable bonds is 3. The van der Waals surface area contributed by atoms with Gasteiger partial charge in [0.2, 0.25) is 0 Å². The van der Waals surface area contributed by atoms with E-state index >= 15 is 0 Å². The normalized spacial score (nSPS) is 18.9. The molecule has 1 aromatic rings. The van der Waals surface area contributed by atoms with Crippen molar-refractivity contribution in [2.75, 3.05) is 7.05 Å². The van der Waals surface area contributed by atoms with Crippen LogP contribution in [0.2, 0.25) is 0 Å². The Hall–Kier alpha value is 0.140. The van der Waals surface area contributed by atoms with Gasteiger partial charge in [0.05, 0.1) is 3.79 Å². The predicted molar refractivity (Wildman–Crippen MR) is 75.0 cm³/mol. The molecule has 0 amide bonds. The van der Waals surface area contributed by atoms with Crippen molar-refractivity contribution in [1.82, 2.24) is 4.90 Å². The number of nitrogens with zero attached hydrogens (tertiary/aromatic N) is 1. The predicted octanol–water partition coefficient (Wildman–Crippen LogP) is 4.67. The second kappa shape index (κ2) is 6.18. The Bertz CT molecular complexity index is 315. The fourth-order valence-corrected chi connectivity index (χ4v) is 4.06. The highest BCUT2D eigenvalue weighted by atomic mass is 79.9. The molecule has 1 heterocycles. The lowest BCUT2D eigenvalue weighted by Crippen LogP contribution is -2.30. The van der Waals surface area contributed by atoms with Gasteiger partial charge in [-0.1, -0.05) is 25.7 Å². The minimum absolute atomic E-state index is 0.809. The lowest BCUT2D eigenvalue weighted by atomic mass is 10.1. The lowest BCUT2D eigenvalue weighted by Gasteiger charge is -2.26. The van der Waals surface area contributed by atoms with Crippen LogP contribution in [-0.2, 0) is 6.54 Å². The molecular weight excluding hydrogens is 282 g/mol. The Balaban J connectivity index is 1.88. The molecule has 0 saturated heterocycles. The molecule has 0 spiro atoms. The summed E-state index contributed by atoms with van der Waals surface area (Å²) in [5.74, 6) is 0. The van der Waals surface area contributed by atoms with Gasteiger partial charge in [-0.2, -0.15) is 0 Å². The third kappa shape index (κ3) is 3.57. The van der Waals surface area contributed by atoms with Crippen LogP contribution in [0.3, 0.4) is 0 Å². The van der Waals surface area contributed by atoms with E-state index < -0.39 is 0 Å². The Labute approximate surface area is 111 Å². The van der Waals surface area contributed by atoms with Crippen LogP contribution >= 0.6 is 27.3 Å². The number of hydrogen-bond donors (Lipinski definition) is 0. The van der Waals surface area contributed by atoms with Gasteiger partial charge in [-0.15, -0.1) is 11.3 Å². The molecule has 0 N–H and O–H groups in total. The maximum absolute atomic E-state index is 3.53. The monoisotopic (exact) mass is 301 g/mol. The van der Waals surface area contributed by atoms with Gasteiger partial charge in [0, 0.05) is 17.5 Å². The number of thiophene rings is 1. The Morgan fingerprint density at radius 2 is 1.94 bits per heavy atom. The van der Waals surface area contributed by atoms with Gasteiger partial charge in [-0.25, -0.2) is 0 Å². The van der Waals surface area contributed by atoms with E-state index in [1.165, 1.54) is 47.2 Å². The van der Waals surface area contributed by atoms with Crippen molar-refractivity contribution in [3.63, 3.8) is 0 Å². The highest BCUT2D eigenvalue weighted by Gasteiger charge is 2.17. The molecule has 0 atom stereocenters. The van der Waals surface area contributed by atoms with Crippen LogP contribution < -0.4 is 0 Å². The van der Waals surface area contributed by atoms with Crippen LogP contribution in [-0.4, -0.2) is 18.0 Å². The lowest BCUT2D eigenvalue weighted by molar-refractivity contribution is 0.215. The van der Waals surface area contributed by atoms with Crippen molar-refractivity contribution in [3.05, 3.63) is 20.8 Å². The average molecular weight is 302 g/mol. The first-order valence-corrected chi connectivity index (χ1v) is 7.81. The summed E-state index contributed by atoms with van der Waals surface area (Å²) in [6.45, 7) is 1.11. The maximum Gasteiger partial charge on any atom is 0.0701 e. The van der Waals surface area contributed by atoms with Crippen LogP contribution in [0, 0.1) is 0 Å². The van der Waals surface area contributed by atoms with Crippen molar-refractivity contribution in [1.29, 1.82) is 0 Å². The van der Waals surface area contributed by atoms with E-state index in [0.717, 1.165) is 12.6 Å².